The van der Waals surface area contributed by atoms with Crippen molar-refractivity contribution in [3.8, 4) is 0 Å². The molecule has 0 spiro atoms. The summed E-state index contributed by atoms with van der Waals surface area (Å²) >= 11 is 10.3. The molecule has 0 aliphatic rings. The number of carbonyl (C=O) groups excluding carboxylic acids is 1. The summed E-state index contributed by atoms with van der Waals surface area (Å²) in [4.78, 5) is 17.9. The second-order valence-corrected chi connectivity index (χ2v) is 4.60. The van der Waals surface area contributed by atoms with Gasteiger partial charge in [0.2, 0.25) is 0 Å². The van der Waals surface area contributed by atoms with Gasteiger partial charge >= 0.3 is 0 Å². The van der Waals surface area contributed by atoms with Crippen LogP contribution in [0.2, 0.25) is 0 Å². The molecule has 0 aliphatic carbocycles. The molecule has 1 aromatic heterocycles. The van der Waals surface area contributed by atoms with Gasteiger partial charge < -0.3 is 10.3 Å². The molecule has 0 radical (unpaired) electrons. The normalized spacial score (nSPS) is 10.4. The summed E-state index contributed by atoms with van der Waals surface area (Å²) in [5.74, 6) is -1.26. The minimum atomic E-state index is -0.877. The van der Waals surface area contributed by atoms with Crippen LogP contribution < -0.4 is 5.32 Å². The van der Waals surface area contributed by atoms with Crippen molar-refractivity contribution in [3.05, 3.63) is 45.9 Å². The van der Waals surface area contributed by atoms with Gasteiger partial charge in [0.1, 0.15) is 39.2 Å². The highest BCUT2D eigenvalue weighted by Crippen LogP contribution is 2.25. The molecule has 1 aromatic carbocycles. The summed E-state index contributed by atoms with van der Waals surface area (Å²) < 4.78 is 27.1. The zero-order valence-electron chi connectivity index (χ0n) is 10.1. The Balaban J connectivity index is 2.59. The molecule has 1 heterocycles. The monoisotopic (exact) mass is 315 g/mol. The molecule has 0 saturated carbocycles. The maximum Gasteiger partial charge on any atom is 0.259 e. The highest BCUT2D eigenvalue weighted by Gasteiger charge is 2.17. The molecule has 2 rings (SSSR count). The Morgan fingerprint density at radius 1 is 1.40 bits per heavy atom. The van der Waals surface area contributed by atoms with E-state index in [4.69, 9.17) is 23.8 Å². The van der Waals surface area contributed by atoms with E-state index >= 15 is 0 Å². The van der Waals surface area contributed by atoms with Crippen LogP contribution in [0, 0.1) is 23.2 Å². The van der Waals surface area contributed by atoms with E-state index in [9.17, 15) is 13.6 Å². The van der Waals surface area contributed by atoms with Crippen molar-refractivity contribution in [2.24, 2.45) is 0 Å². The summed E-state index contributed by atoms with van der Waals surface area (Å²) in [6, 6.07) is 3.38. The van der Waals surface area contributed by atoms with Crippen LogP contribution in [0.15, 0.2) is 18.2 Å². The Kier molecular flexibility index (Phi) is 4.10. The number of aromatic nitrogens is 2. The van der Waals surface area contributed by atoms with Crippen molar-refractivity contribution in [2.75, 3.05) is 5.32 Å². The zero-order chi connectivity index (χ0) is 14.9. The third-order valence-corrected chi connectivity index (χ3v) is 2.93. The molecule has 0 saturated heterocycles. The van der Waals surface area contributed by atoms with Crippen LogP contribution in [0.3, 0.4) is 0 Å². The summed E-state index contributed by atoms with van der Waals surface area (Å²) in [7, 11) is 0. The number of aryl methyl sites for hydroxylation is 1. The highest BCUT2D eigenvalue weighted by atomic mass is 35.5. The van der Waals surface area contributed by atoms with Crippen molar-refractivity contribution in [2.45, 2.75) is 6.92 Å². The fourth-order valence-corrected chi connectivity index (χ4v) is 2.18. The van der Waals surface area contributed by atoms with E-state index in [1.165, 1.54) is 6.07 Å². The Labute approximate surface area is 122 Å². The van der Waals surface area contributed by atoms with Gasteiger partial charge in [-0.25, -0.2) is 13.8 Å². The first-order valence-electron chi connectivity index (χ1n) is 5.42. The number of benzene rings is 1. The van der Waals surface area contributed by atoms with E-state index in [-0.39, 0.29) is 16.0 Å². The molecule has 0 aliphatic heterocycles. The molecule has 2 N–H and O–H groups in total. The van der Waals surface area contributed by atoms with Crippen molar-refractivity contribution >= 4 is 40.6 Å². The Hall–Kier alpha value is -1.86. The lowest BCUT2D eigenvalue weighted by atomic mass is 10.2. The van der Waals surface area contributed by atoms with Crippen LogP contribution in [0.25, 0.3) is 0 Å². The number of carbonyl (C=O) groups is 1. The minimum Gasteiger partial charge on any atom is -0.336 e. The second-order valence-electron chi connectivity index (χ2n) is 3.87. The predicted molar refractivity (Wildman–Crippen MR) is 74.0 cm³/mol. The van der Waals surface area contributed by atoms with Crippen LogP contribution in [-0.2, 0) is 0 Å². The lowest BCUT2D eigenvalue weighted by Gasteiger charge is -2.12. The van der Waals surface area contributed by atoms with Crippen LogP contribution in [0.5, 0.6) is 0 Å². The largest absolute Gasteiger partial charge is 0.336 e. The summed E-state index contributed by atoms with van der Waals surface area (Å²) in [6.45, 7) is 1.58. The van der Waals surface area contributed by atoms with E-state index in [0.717, 1.165) is 12.1 Å². The van der Waals surface area contributed by atoms with Crippen molar-refractivity contribution in [3.63, 3.8) is 0 Å². The number of halogens is 3. The van der Waals surface area contributed by atoms with Crippen LogP contribution in [0.1, 0.15) is 16.2 Å². The van der Waals surface area contributed by atoms with E-state index in [0.29, 0.717) is 5.82 Å². The van der Waals surface area contributed by atoms with Gasteiger partial charge in [0, 0.05) is 0 Å². The molecule has 4 nitrogen and oxygen atoms in total. The lowest BCUT2D eigenvalue weighted by Crippen LogP contribution is -2.08. The number of hydrogen-bond donors (Lipinski definition) is 2. The van der Waals surface area contributed by atoms with Gasteiger partial charge in [0.05, 0.1) is 0 Å². The maximum absolute atomic E-state index is 13.6. The highest BCUT2D eigenvalue weighted by molar-refractivity contribution is 7.71. The number of rotatable bonds is 3. The number of para-hydroxylation sites is 1. The maximum atomic E-state index is 13.6. The topological polar surface area (TPSA) is 57.8 Å². The number of anilines is 2. The fraction of sp³-hybridized carbons (Fsp3) is 0.0833. The Morgan fingerprint density at radius 2 is 2.00 bits per heavy atom. The average Bonchev–Trinajstić information content (AvgIpc) is 2.32. The second kappa shape index (κ2) is 5.64. The standard InChI is InChI=1S/C12H8ClF2N3OS/c1-5-16-11(8(10(13)19)12(20)17-5)18-9-6(14)3-2-4-7(9)15/h2-4H,1H3,(H2,16,17,18,20). The van der Waals surface area contributed by atoms with Crippen LogP contribution >= 0.6 is 23.8 Å². The van der Waals surface area contributed by atoms with Gasteiger partial charge in [-0.3, -0.25) is 4.79 Å². The first kappa shape index (κ1) is 14.5. The van der Waals surface area contributed by atoms with Crippen LogP contribution in [0.4, 0.5) is 20.3 Å². The van der Waals surface area contributed by atoms with Crippen molar-refractivity contribution in [1.29, 1.82) is 0 Å². The Morgan fingerprint density at radius 3 is 2.55 bits per heavy atom. The SMILES string of the molecule is Cc1nc(=S)c(C(=O)Cl)c(Nc2c(F)cccc2F)[nH]1. The van der Waals surface area contributed by atoms with Crippen molar-refractivity contribution < 1.29 is 13.6 Å². The molecule has 104 valence electrons. The zero-order valence-corrected chi connectivity index (χ0v) is 11.7. The summed E-state index contributed by atoms with van der Waals surface area (Å²) in [5.41, 5.74) is -0.558. The molecular formula is C12H8ClF2N3OS. The van der Waals surface area contributed by atoms with E-state index < -0.39 is 22.6 Å². The lowest BCUT2D eigenvalue weighted by molar-refractivity contribution is 0.108. The Bertz CT molecular complexity index is 728. The number of H-pyrrole nitrogens is 1. The smallest absolute Gasteiger partial charge is 0.259 e. The molecule has 0 bridgehead atoms. The third kappa shape index (κ3) is 2.83. The molecule has 0 amide bonds. The number of nitrogens with zero attached hydrogens (tertiary/aromatic N) is 1. The number of hydrogen-bond acceptors (Lipinski definition) is 4. The summed E-state index contributed by atoms with van der Waals surface area (Å²) in [6.07, 6.45) is 0. The number of nitrogens with one attached hydrogen (secondary N) is 2. The average molecular weight is 316 g/mol. The van der Waals surface area contributed by atoms with Crippen molar-refractivity contribution in [1.82, 2.24) is 9.97 Å². The minimum absolute atomic E-state index is 0.00787. The van der Waals surface area contributed by atoms with E-state index in [1.807, 2.05) is 0 Å². The van der Waals surface area contributed by atoms with E-state index in [2.05, 4.69) is 15.3 Å². The first-order chi connectivity index (χ1) is 9.40. The van der Waals surface area contributed by atoms with Gasteiger partial charge in [-0.15, -0.1) is 0 Å². The number of aromatic amines is 1. The van der Waals surface area contributed by atoms with Crippen LogP contribution in [-0.4, -0.2) is 15.2 Å². The van der Waals surface area contributed by atoms with Gasteiger partial charge in [-0.1, -0.05) is 18.3 Å². The molecule has 0 atom stereocenters. The van der Waals surface area contributed by atoms with E-state index in [1.54, 1.807) is 6.92 Å². The molecule has 20 heavy (non-hydrogen) atoms. The van der Waals surface area contributed by atoms with Gasteiger partial charge in [-0.2, -0.15) is 0 Å². The molecule has 0 unspecified atom stereocenters. The molecule has 2 aromatic rings. The molecule has 0 fully saturated rings. The molecule has 8 heteroatoms. The predicted octanol–water partition coefficient (Wildman–Crippen LogP) is 3.85. The quantitative estimate of drug-likeness (QED) is 0.667. The van der Waals surface area contributed by atoms with Gasteiger partial charge in [0.15, 0.2) is 0 Å². The summed E-state index contributed by atoms with van der Waals surface area (Å²) in [5, 5.41) is 1.58. The van der Waals surface area contributed by atoms with Gasteiger partial charge in [0.25, 0.3) is 5.24 Å². The third-order valence-electron chi connectivity index (χ3n) is 2.45. The fourth-order valence-electron chi connectivity index (χ4n) is 1.60. The first-order valence-corrected chi connectivity index (χ1v) is 6.20. The molecular weight excluding hydrogens is 308 g/mol. The van der Waals surface area contributed by atoms with Gasteiger partial charge in [-0.05, 0) is 30.7 Å².